The third-order valence-electron chi connectivity index (χ3n) is 8.42. The molecule has 40 heavy (non-hydrogen) atoms. The van der Waals surface area contributed by atoms with E-state index in [2.05, 4.69) is 88.9 Å². The number of benzene rings is 3. The summed E-state index contributed by atoms with van der Waals surface area (Å²) in [6.45, 7) is 11.0. The normalized spacial score (nSPS) is 16.5. The lowest BCUT2D eigenvalue weighted by molar-refractivity contribution is 0.0246. The molecule has 2 aliphatic rings. The summed E-state index contributed by atoms with van der Waals surface area (Å²) >= 11 is 0. The maximum atomic E-state index is 13.4. The van der Waals surface area contributed by atoms with Gasteiger partial charge in [0.25, 0.3) is 5.91 Å². The highest BCUT2D eigenvalue weighted by molar-refractivity contribution is 5.99. The van der Waals surface area contributed by atoms with E-state index in [4.69, 9.17) is 4.74 Å². The van der Waals surface area contributed by atoms with Crippen LogP contribution < -0.4 is 9.64 Å². The van der Waals surface area contributed by atoms with E-state index in [9.17, 15) is 4.79 Å². The number of amides is 1. The molecule has 6 rings (SSSR count). The minimum atomic E-state index is 0.145. The van der Waals surface area contributed by atoms with Gasteiger partial charge in [0.15, 0.2) is 0 Å². The fourth-order valence-corrected chi connectivity index (χ4v) is 6.25. The SMILES string of the molecule is COc1ccccc1N1CCN(C2CN(C(=O)c3ccc4c(c3)cc(Cc3ccccc3)n4CC(C)C)C2)CC1. The molecule has 1 amide bonds. The molecule has 0 atom stereocenters. The van der Waals surface area contributed by atoms with Gasteiger partial charge in [0.2, 0.25) is 0 Å². The van der Waals surface area contributed by atoms with Crippen molar-refractivity contribution in [2.75, 3.05) is 51.3 Å². The minimum Gasteiger partial charge on any atom is -0.495 e. The summed E-state index contributed by atoms with van der Waals surface area (Å²) in [5.74, 6) is 1.62. The molecule has 6 heteroatoms. The zero-order valence-electron chi connectivity index (χ0n) is 23.9. The van der Waals surface area contributed by atoms with Crippen molar-refractivity contribution < 1.29 is 9.53 Å². The topological polar surface area (TPSA) is 41.0 Å². The number of para-hydroxylation sites is 2. The number of carbonyl (C=O) groups is 1. The Morgan fingerprint density at radius 1 is 0.900 bits per heavy atom. The van der Waals surface area contributed by atoms with Gasteiger partial charge in [0.05, 0.1) is 12.8 Å². The van der Waals surface area contributed by atoms with E-state index in [0.29, 0.717) is 12.0 Å². The Kier molecular flexibility index (Phi) is 7.53. The molecule has 0 saturated carbocycles. The Morgan fingerprint density at radius 3 is 2.35 bits per heavy atom. The van der Waals surface area contributed by atoms with E-state index >= 15 is 0 Å². The van der Waals surface area contributed by atoms with Crippen LogP contribution in [0.1, 0.15) is 35.5 Å². The van der Waals surface area contributed by atoms with Gasteiger partial charge < -0.3 is 19.1 Å². The van der Waals surface area contributed by atoms with Crippen LogP contribution in [0.25, 0.3) is 10.9 Å². The van der Waals surface area contributed by atoms with E-state index in [-0.39, 0.29) is 5.91 Å². The first-order valence-corrected chi connectivity index (χ1v) is 14.6. The number of nitrogens with zero attached hydrogens (tertiary/aromatic N) is 4. The van der Waals surface area contributed by atoms with Crippen LogP contribution in [0.2, 0.25) is 0 Å². The van der Waals surface area contributed by atoms with Gasteiger partial charge in [-0.15, -0.1) is 0 Å². The molecule has 0 bridgehead atoms. The van der Waals surface area contributed by atoms with Crippen molar-refractivity contribution in [2.24, 2.45) is 5.92 Å². The predicted molar refractivity (Wildman–Crippen MR) is 162 cm³/mol. The molecular weight excluding hydrogens is 496 g/mol. The molecule has 0 spiro atoms. The zero-order chi connectivity index (χ0) is 27.6. The van der Waals surface area contributed by atoms with Crippen LogP contribution in [0.4, 0.5) is 5.69 Å². The lowest BCUT2D eigenvalue weighted by Crippen LogP contribution is -2.64. The Labute approximate surface area is 237 Å². The van der Waals surface area contributed by atoms with Gasteiger partial charge in [-0.1, -0.05) is 56.3 Å². The number of ether oxygens (including phenoxy) is 1. The molecule has 6 nitrogen and oxygen atoms in total. The van der Waals surface area contributed by atoms with Gasteiger partial charge >= 0.3 is 0 Å². The molecule has 0 radical (unpaired) electrons. The van der Waals surface area contributed by atoms with Crippen LogP contribution in [0.15, 0.2) is 78.9 Å². The van der Waals surface area contributed by atoms with Crippen molar-refractivity contribution in [1.29, 1.82) is 0 Å². The van der Waals surface area contributed by atoms with Gasteiger partial charge in [-0.3, -0.25) is 9.69 Å². The fourth-order valence-electron chi connectivity index (χ4n) is 6.25. The highest BCUT2D eigenvalue weighted by Gasteiger charge is 2.36. The van der Waals surface area contributed by atoms with Crippen molar-refractivity contribution in [3.63, 3.8) is 0 Å². The van der Waals surface area contributed by atoms with Crippen molar-refractivity contribution in [2.45, 2.75) is 32.9 Å². The first-order valence-electron chi connectivity index (χ1n) is 14.6. The molecule has 0 unspecified atom stereocenters. The largest absolute Gasteiger partial charge is 0.495 e. The summed E-state index contributed by atoms with van der Waals surface area (Å²) in [4.78, 5) is 20.4. The highest BCUT2D eigenvalue weighted by atomic mass is 16.5. The number of carbonyl (C=O) groups excluding carboxylic acids is 1. The van der Waals surface area contributed by atoms with Gasteiger partial charge in [0, 0.05) is 80.4 Å². The van der Waals surface area contributed by atoms with E-state index in [1.165, 1.54) is 22.5 Å². The number of aromatic nitrogens is 1. The number of hydrogen-bond acceptors (Lipinski definition) is 4. The molecule has 0 N–H and O–H groups in total. The number of methoxy groups -OCH3 is 1. The number of rotatable bonds is 8. The number of fused-ring (bicyclic) bond motifs is 1. The van der Waals surface area contributed by atoms with Crippen LogP contribution in [0.3, 0.4) is 0 Å². The lowest BCUT2D eigenvalue weighted by Gasteiger charge is -2.48. The zero-order valence-corrected chi connectivity index (χ0v) is 23.9. The van der Waals surface area contributed by atoms with Crippen LogP contribution in [-0.2, 0) is 13.0 Å². The third-order valence-corrected chi connectivity index (χ3v) is 8.42. The van der Waals surface area contributed by atoms with Crippen molar-refractivity contribution in [3.05, 3.63) is 95.7 Å². The third kappa shape index (κ3) is 5.33. The molecule has 3 aromatic carbocycles. The van der Waals surface area contributed by atoms with Gasteiger partial charge in [-0.2, -0.15) is 0 Å². The molecule has 2 aliphatic heterocycles. The Morgan fingerprint density at radius 2 is 1.62 bits per heavy atom. The quantitative estimate of drug-likeness (QED) is 0.296. The van der Waals surface area contributed by atoms with E-state index in [0.717, 1.165) is 68.9 Å². The standard InChI is InChI=1S/C34H40N4O2/c1-25(2)22-38-29(19-26-9-5-4-6-10-26)21-28-20-27(13-14-31(28)38)34(39)37-23-30(24-37)35-15-17-36(18-16-35)32-11-7-8-12-33(32)40-3/h4-14,20-21,25,30H,15-19,22-24H2,1-3H3. The summed E-state index contributed by atoms with van der Waals surface area (Å²) in [6.07, 6.45) is 0.893. The number of piperazine rings is 1. The summed E-state index contributed by atoms with van der Waals surface area (Å²) in [5, 5.41) is 1.15. The lowest BCUT2D eigenvalue weighted by atomic mass is 10.0. The maximum Gasteiger partial charge on any atom is 0.253 e. The van der Waals surface area contributed by atoms with Crippen molar-refractivity contribution in [3.8, 4) is 5.75 Å². The number of hydrogen-bond donors (Lipinski definition) is 0. The average molecular weight is 537 g/mol. The molecule has 4 aromatic rings. The fraction of sp³-hybridized carbons (Fsp3) is 0.382. The van der Waals surface area contributed by atoms with Crippen LogP contribution in [-0.4, -0.2) is 72.7 Å². The average Bonchev–Trinajstić information content (AvgIpc) is 3.28. The van der Waals surface area contributed by atoms with Gasteiger partial charge in [0.1, 0.15) is 5.75 Å². The summed E-state index contributed by atoms with van der Waals surface area (Å²) in [6, 6.07) is 27.9. The molecule has 2 fully saturated rings. The van der Waals surface area contributed by atoms with Crippen molar-refractivity contribution >= 4 is 22.5 Å². The molecule has 0 aliphatic carbocycles. The van der Waals surface area contributed by atoms with Crippen molar-refractivity contribution in [1.82, 2.24) is 14.4 Å². The maximum absolute atomic E-state index is 13.4. The molecular formula is C34H40N4O2. The van der Waals surface area contributed by atoms with Gasteiger partial charge in [-0.05, 0) is 47.9 Å². The molecule has 208 valence electrons. The summed E-state index contributed by atoms with van der Waals surface area (Å²) in [7, 11) is 1.73. The highest BCUT2D eigenvalue weighted by Crippen LogP contribution is 2.30. The van der Waals surface area contributed by atoms with Crippen LogP contribution in [0, 0.1) is 5.92 Å². The second-order valence-electron chi connectivity index (χ2n) is 11.6. The second kappa shape index (κ2) is 11.4. The summed E-state index contributed by atoms with van der Waals surface area (Å²) < 4.78 is 8.00. The molecule has 3 heterocycles. The van der Waals surface area contributed by atoms with E-state index < -0.39 is 0 Å². The first kappa shape index (κ1) is 26.5. The monoisotopic (exact) mass is 536 g/mol. The van der Waals surface area contributed by atoms with Crippen LogP contribution in [0.5, 0.6) is 5.75 Å². The number of anilines is 1. The number of likely N-dealkylation sites (tertiary alicyclic amines) is 1. The second-order valence-corrected chi connectivity index (χ2v) is 11.6. The Bertz CT molecular complexity index is 1460. The van der Waals surface area contributed by atoms with Gasteiger partial charge in [-0.25, -0.2) is 0 Å². The minimum absolute atomic E-state index is 0.145. The molecule has 1 aromatic heterocycles. The van der Waals surface area contributed by atoms with E-state index in [1.54, 1.807) is 7.11 Å². The smallest absolute Gasteiger partial charge is 0.253 e. The summed E-state index contributed by atoms with van der Waals surface area (Å²) in [5.41, 5.74) is 5.78. The first-order chi connectivity index (χ1) is 19.5. The Hall–Kier alpha value is -3.77. The Balaban J connectivity index is 1.10. The van der Waals surface area contributed by atoms with E-state index in [1.807, 2.05) is 23.1 Å². The molecule has 2 saturated heterocycles. The van der Waals surface area contributed by atoms with Crippen LogP contribution >= 0.6 is 0 Å². The predicted octanol–water partition coefficient (Wildman–Crippen LogP) is 5.54.